The summed E-state index contributed by atoms with van der Waals surface area (Å²) in [6, 6.07) is 9.58. The van der Waals surface area contributed by atoms with E-state index in [0.29, 0.717) is 11.4 Å². The number of aryl methyl sites for hydroxylation is 1. The van der Waals surface area contributed by atoms with Crippen LogP contribution in [-0.4, -0.2) is 15.7 Å². The van der Waals surface area contributed by atoms with Gasteiger partial charge in [0.05, 0.1) is 16.4 Å². The van der Waals surface area contributed by atoms with Crippen molar-refractivity contribution in [1.29, 1.82) is 0 Å². The highest BCUT2D eigenvalue weighted by atomic mass is 35.5. The number of carbonyl (C=O) groups is 1. The van der Waals surface area contributed by atoms with Gasteiger partial charge < -0.3 is 5.32 Å². The van der Waals surface area contributed by atoms with Crippen molar-refractivity contribution in [2.45, 2.75) is 19.3 Å². The second-order valence-corrected chi connectivity index (χ2v) is 6.76. The molecule has 1 aromatic carbocycles. The summed E-state index contributed by atoms with van der Waals surface area (Å²) in [5, 5.41) is 12.3. The number of hydrogen-bond acceptors (Lipinski definition) is 3. The number of carbonyl (C=O) groups excluding carboxylic acids is 1. The monoisotopic (exact) mass is 343 g/mol. The molecule has 6 heteroatoms. The molecule has 3 aromatic rings. The summed E-state index contributed by atoms with van der Waals surface area (Å²) in [6.45, 7) is 1.98. The maximum atomic E-state index is 12.2. The first kappa shape index (κ1) is 14.5. The van der Waals surface area contributed by atoms with E-state index >= 15 is 0 Å². The zero-order valence-corrected chi connectivity index (χ0v) is 14.0. The predicted octanol–water partition coefficient (Wildman–Crippen LogP) is 4.37. The molecule has 1 unspecified atom stereocenters. The molecule has 4 nitrogen and oxygen atoms in total. The molecule has 1 aliphatic heterocycles. The zero-order valence-electron chi connectivity index (χ0n) is 12.4. The number of halogens is 1. The Kier molecular flexibility index (Phi) is 3.47. The Labute approximate surface area is 142 Å². The van der Waals surface area contributed by atoms with Gasteiger partial charge in [-0.3, -0.25) is 4.79 Å². The van der Waals surface area contributed by atoms with Crippen molar-refractivity contribution in [1.82, 2.24) is 9.78 Å². The summed E-state index contributed by atoms with van der Waals surface area (Å²) in [7, 11) is 0. The number of amides is 1. The van der Waals surface area contributed by atoms with E-state index in [0.717, 1.165) is 28.3 Å². The molecule has 1 N–H and O–H groups in total. The summed E-state index contributed by atoms with van der Waals surface area (Å²) in [5.74, 6) is 0.770. The first-order valence-corrected chi connectivity index (χ1v) is 8.63. The van der Waals surface area contributed by atoms with Crippen molar-refractivity contribution in [3.05, 3.63) is 62.9 Å². The summed E-state index contributed by atoms with van der Waals surface area (Å²) in [6.07, 6.45) is 0.443. The third kappa shape index (κ3) is 2.36. The van der Waals surface area contributed by atoms with E-state index in [-0.39, 0.29) is 11.8 Å². The van der Waals surface area contributed by atoms with Crippen LogP contribution in [0.1, 0.15) is 29.2 Å². The van der Waals surface area contributed by atoms with Crippen LogP contribution >= 0.6 is 22.9 Å². The number of hydrogen-bond donors (Lipinski definition) is 1. The van der Waals surface area contributed by atoms with Crippen LogP contribution in [-0.2, 0) is 4.79 Å². The number of rotatable bonds is 2. The van der Waals surface area contributed by atoms with E-state index in [2.05, 4.69) is 21.9 Å². The van der Waals surface area contributed by atoms with Gasteiger partial charge in [0.1, 0.15) is 5.82 Å². The van der Waals surface area contributed by atoms with Gasteiger partial charge in [0, 0.05) is 17.9 Å². The molecule has 0 saturated carbocycles. The van der Waals surface area contributed by atoms with Gasteiger partial charge in [0.2, 0.25) is 5.91 Å². The molecule has 0 radical (unpaired) electrons. The van der Waals surface area contributed by atoms with Crippen LogP contribution in [0.5, 0.6) is 0 Å². The molecular formula is C17H14ClN3OS. The second kappa shape index (κ2) is 5.51. The van der Waals surface area contributed by atoms with E-state index in [4.69, 9.17) is 11.6 Å². The quantitative estimate of drug-likeness (QED) is 0.751. The molecule has 23 heavy (non-hydrogen) atoms. The number of thiophene rings is 1. The Hall–Kier alpha value is -2.11. The molecule has 2 aromatic heterocycles. The maximum Gasteiger partial charge on any atom is 0.226 e. The first-order chi connectivity index (χ1) is 11.1. The predicted molar refractivity (Wildman–Crippen MR) is 92.7 cm³/mol. The Morgan fingerprint density at radius 1 is 1.35 bits per heavy atom. The summed E-state index contributed by atoms with van der Waals surface area (Å²) in [5.41, 5.74) is 3.91. The van der Waals surface area contributed by atoms with Crippen LogP contribution in [0.4, 0.5) is 5.82 Å². The van der Waals surface area contributed by atoms with Crippen LogP contribution in [0.2, 0.25) is 5.02 Å². The average Bonchev–Trinajstić information content (AvgIpc) is 3.16. The van der Waals surface area contributed by atoms with Crippen molar-refractivity contribution < 1.29 is 4.79 Å². The Morgan fingerprint density at radius 3 is 2.91 bits per heavy atom. The lowest BCUT2D eigenvalue weighted by Gasteiger charge is -2.23. The second-order valence-electron chi connectivity index (χ2n) is 5.57. The van der Waals surface area contributed by atoms with E-state index in [1.807, 2.05) is 36.6 Å². The van der Waals surface area contributed by atoms with E-state index < -0.39 is 0 Å². The highest BCUT2D eigenvalue weighted by Crippen LogP contribution is 2.41. The van der Waals surface area contributed by atoms with Crippen LogP contribution in [0.3, 0.4) is 0 Å². The SMILES string of the molecule is Cc1nn(-c2ccccc2Cl)c2c1C(c1ccsc1)CC(=O)N2. The molecule has 4 rings (SSSR count). The number of fused-ring (bicyclic) bond motifs is 1. The molecule has 0 spiro atoms. The van der Waals surface area contributed by atoms with Crippen molar-refractivity contribution in [2.24, 2.45) is 0 Å². The van der Waals surface area contributed by atoms with E-state index in [1.165, 1.54) is 0 Å². The minimum atomic E-state index is 0.00176. The summed E-state index contributed by atoms with van der Waals surface area (Å²) >= 11 is 7.95. The number of nitrogens with zero attached hydrogens (tertiary/aromatic N) is 2. The third-order valence-electron chi connectivity index (χ3n) is 4.13. The molecule has 0 fully saturated rings. The third-order valence-corrected chi connectivity index (χ3v) is 5.15. The number of para-hydroxylation sites is 1. The number of aromatic nitrogens is 2. The molecular weight excluding hydrogens is 330 g/mol. The molecule has 0 bridgehead atoms. The van der Waals surface area contributed by atoms with Crippen LogP contribution in [0, 0.1) is 6.92 Å². The van der Waals surface area contributed by atoms with Crippen molar-refractivity contribution in [3.63, 3.8) is 0 Å². The molecule has 0 aliphatic carbocycles. The fourth-order valence-corrected chi connectivity index (χ4v) is 4.03. The lowest BCUT2D eigenvalue weighted by atomic mass is 9.87. The average molecular weight is 344 g/mol. The fraction of sp³-hybridized carbons (Fsp3) is 0.176. The Balaban J connectivity index is 1.92. The van der Waals surface area contributed by atoms with Gasteiger partial charge in [0.15, 0.2) is 0 Å². The van der Waals surface area contributed by atoms with E-state index in [1.54, 1.807) is 16.0 Å². The van der Waals surface area contributed by atoms with Crippen molar-refractivity contribution in [3.8, 4) is 5.69 Å². The highest BCUT2D eigenvalue weighted by Gasteiger charge is 2.33. The lowest BCUT2D eigenvalue weighted by molar-refractivity contribution is -0.116. The lowest BCUT2D eigenvalue weighted by Crippen LogP contribution is -2.24. The molecule has 1 aliphatic rings. The zero-order chi connectivity index (χ0) is 16.0. The summed E-state index contributed by atoms with van der Waals surface area (Å²) in [4.78, 5) is 12.2. The fourth-order valence-electron chi connectivity index (χ4n) is 3.10. The normalized spacial score (nSPS) is 17.0. The highest BCUT2D eigenvalue weighted by molar-refractivity contribution is 7.08. The molecule has 1 atom stereocenters. The van der Waals surface area contributed by atoms with Crippen LogP contribution in [0.25, 0.3) is 5.69 Å². The topological polar surface area (TPSA) is 46.9 Å². The first-order valence-electron chi connectivity index (χ1n) is 7.31. The van der Waals surface area contributed by atoms with Crippen molar-refractivity contribution >= 4 is 34.7 Å². The van der Waals surface area contributed by atoms with Gasteiger partial charge >= 0.3 is 0 Å². The summed E-state index contributed by atoms with van der Waals surface area (Å²) < 4.78 is 1.74. The molecule has 0 saturated heterocycles. The Morgan fingerprint density at radius 2 is 2.17 bits per heavy atom. The van der Waals surface area contributed by atoms with Gasteiger partial charge in [-0.15, -0.1) is 0 Å². The van der Waals surface area contributed by atoms with E-state index in [9.17, 15) is 4.79 Å². The number of nitrogens with one attached hydrogen (secondary N) is 1. The number of anilines is 1. The van der Waals surface area contributed by atoms with Gasteiger partial charge in [-0.05, 0) is 41.4 Å². The Bertz CT molecular complexity index is 885. The molecule has 1 amide bonds. The maximum absolute atomic E-state index is 12.2. The minimum Gasteiger partial charge on any atom is -0.310 e. The standard InChI is InChI=1S/C17H14ClN3OS/c1-10-16-12(11-6-7-23-9-11)8-15(22)19-17(16)21(20-10)14-5-3-2-4-13(14)18/h2-7,9,12H,8H2,1H3,(H,19,22). The largest absolute Gasteiger partial charge is 0.310 e. The molecule has 116 valence electrons. The van der Waals surface area contributed by atoms with Gasteiger partial charge in [-0.25, -0.2) is 4.68 Å². The van der Waals surface area contributed by atoms with Gasteiger partial charge in [-0.2, -0.15) is 16.4 Å². The van der Waals surface area contributed by atoms with Crippen LogP contribution < -0.4 is 5.32 Å². The molecule has 3 heterocycles. The smallest absolute Gasteiger partial charge is 0.226 e. The van der Waals surface area contributed by atoms with Crippen LogP contribution in [0.15, 0.2) is 41.1 Å². The van der Waals surface area contributed by atoms with Gasteiger partial charge in [-0.1, -0.05) is 23.7 Å². The van der Waals surface area contributed by atoms with Crippen molar-refractivity contribution in [2.75, 3.05) is 5.32 Å². The van der Waals surface area contributed by atoms with Gasteiger partial charge in [0.25, 0.3) is 0 Å². The number of benzene rings is 1. The minimum absolute atomic E-state index is 0.00176.